The van der Waals surface area contributed by atoms with Gasteiger partial charge in [0.1, 0.15) is 0 Å². The first-order valence-electron chi connectivity index (χ1n) is 6.05. The van der Waals surface area contributed by atoms with E-state index in [0.29, 0.717) is 10.7 Å². The lowest BCUT2D eigenvalue weighted by Crippen LogP contribution is -2.27. The van der Waals surface area contributed by atoms with Crippen molar-refractivity contribution < 1.29 is 0 Å². The molecule has 0 radical (unpaired) electrons. The molecule has 2 aliphatic rings. The van der Waals surface area contributed by atoms with E-state index >= 15 is 0 Å². The van der Waals surface area contributed by atoms with Gasteiger partial charge in [0.05, 0.1) is 0 Å². The van der Waals surface area contributed by atoms with Crippen LogP contribution in [0.4, 0.5) is 0 Å². The highest BCUT2D eigenvalue weighted by Crippen LogP contribution is 2.58. The zero-order valence-electron chi connectivity index (χ0n) is 10.2. The molecule has 2 atom stereocenters. The fourth-order valence-corrected chi connectivity index (χ4v) is 4.40. The second-order valence-electron chi connectivity index (χ2n) is 5.45. The third kappa shape index (κ3) is 1.45. The quantitative estimate of drug-likeness (QED) is 0.583. The maximum atomic E-state index is 2.50. The van der Waals surface area contributed by atoms with Crippen molar-refractivity contribution in [3.8, 4) is 0 Å². The molecule has 0 amide bonds. The van der Waals surface area contributed by atoms with Crippen LogP contribution >= 0.6 is 11.8 Å². The standard InChI is InChI=1S/C15H18S/c1-10-4-5-14-12(8-10)13-9-11(2)6-7-15(13,3)16-14/h4-5,8-9,13H,6-7H2,1-3H3. The van der Waals surface area contributed by atoms with E-state index in [4.69, 9.17) is 0 Å². The molecule has 0 nitrogen and oxygen atoms in total. The van der Waals surface area contributed by atoms with Crippen LogP contribution in [0.2, 0.25) is 0 Å². The van der Waals surface area contributed by atoms with Crippen LogP contribution in [0.1, 0.15) is 43.7 Å². The predicted molar refractivity (Wildman–Crippen MR) is 71.2 cm³/mol. The molecule has 0 aromatic heterocycles. The zero-order valence-corrected chi connectivity index (χ0v) is 11.0. The molecule has 1 aromatic rings. The summed E-state index contributed by atoms with van der Waals surface area (Å²) in [5.41, 5.74) is 4.52. The molecular formula is C15H18S. The second kappa shape index (κ2) is 3.40. The molecule has 16 heavy (non-hydrogen) atoms. The van der Waals surface area contributed by atoms with Crippen LogP contribution in [0, 0.1) is 6.92 Å². The minimum atomic E-state index is 0.412. The monoisotopic (exact) mass is 230 g/mol. The normalized spacial score (nSPS) is 31.9. The van der Waals surface area contributed by atoms with Gasteiger partial charge < -0.3 is 0 Å². The number of allylic oxidation sites excluding steroid dienone is 2. The van der Waals surface area contributed by atoms with Crippen molar-refractivity contribution in [1.82, 2.24) is 0 Å². The molecule has 1 aliphatic carbocycles. The second-order valence-corrected chi connectivity index (χ2v) is 7.02. The van der Waals surface area contributed by atoms with Gasteiger partial charge in [-0.05, 0) is 45.2 Å². The molecule has 0 N–H and O–H groups in total. The van der Waals surface area contributed by atoms with Crippen molar-refractivity contribution in [3.05, 3.63) is 41.0 Å². The Morgan fingerprint density at radius 3 is 2.94 bits per heavy atom. The van der Waals surface area contributed by atoms with E-state index in [-0.39, 0.29) is 0 Å². The Labute approximate surface area is 102 Å². The first-order chi connectivity index (χ1) is 7.58. The summed E-state index contributed by atoms with van der Waals surface area (Å²) in [6.07, 6.45) is 5.09. The van der Waals surface area contributed by atoms with E-state index in [1.165, 1.54) is 23.3 Å². The Kier molecular flexibility index (Phi) is 2.22. The van der Waals surface area contributed by atoms with Crippen molar-refractivity contribution in [2.75, 3.05) is 0 Å². The predicted octanol–water partition coefficient (Wildman–Crippen LogP) is 4.68. The number of hydrogen-bond acceptors (Lipinski definition) is 1. The van der Waals surface area contributed by atoms with Gasteiger partial charge in [-0.2, -0.15) is 0 Å². The molecule has 1 heteroatoms. The number of fused-ring (bicyclic) bond motifs is 3. The highest BCUT2D eigenvalue weighted by atomic mass is 32.2. The van der Waals surface area contributed by atoms with Gasteiger partial charge in [-0.3, -0.25) is 0 Å². The fourth-order valence-electron chi connectivity index (χ4n) is 2.93. The van der Waals surface area contributed by atoms with E-state index in [1.807, 2.05) is 0 Å². The average Bonchev–Trinajstić information content (AvgIpc) is 2.52. The third-order valence-electron chi connectivity index (χ3n) is 3.97. The van der Waals surface area contributed by atoms with Gasteiger partial charge in [-0.1, -0.05) is 29.3 Å². The van der Waals surface area contributed by atoms with Crippen molar-refractivity contribution in [1.29, 1.82) is 0 Å². The zero-order chi connectivity index (χ0) is 11.3. The number of benzene rings is 1. The van der Waals surface area contributed by atoms with E-state index in [1.54, 1.807) is 11.1 Å². The van der Waals surface area contributed by atoms with E-state index < -0.39 is 0 Å². The van der Waals surface area contributed by atoms with Crippen LogP contribution < -0.4 is 0 Å². The summed E-state index contributed by atoms with van der Waals surface area (Å²) in [6.45, 7) is 6.90. The molecule has 0 spiro atoms. The summed E-state index contributed by atoms with van der Waals surface area (Å²) < 4.78 is 0.412. The summed E-state index contributed by atoms with van der Waals surface area (Å²) in [6, 6.07) is 6.93. The molecule has 84 valence electrons. The smallest absolute Gasteiger partial charge is 0.0285 e. The van der Waals surface area contributed by atoms with Gasteiger partial charge in [-0.25, -0.2) is 0 Å². The molecule has 2 unspecified atom stereocenters. The van der Waals surface area contributed by atoms with Crippen LogP contribution in [0.15, 0.2) is 34.7 Å². The highest BCUT2D eigenvalue weighted by Gasteiger charge is 2.43. The molecule has 0 bridgehead atoms. The lowest BCUT2D eigenvalue weighted by Gasteiger charge is -2.33. The summed E-state index contributed by atoms with van der Waals surface area (Å²) in [7, 11) is 0. The maximum absolute atomic E-state index is 2.50. The minimum absolute atomic E-state index is 0.412. The Balaban J connectivity index is 2.14. The van der Waals surface area contributed by atoms with Crippen LogP contribution in [0.3, 0.4) is 0 Å². The topological polar surface area (TPSA) is 0 Å². The maximum Gasteiger partial charge on any atom is 0.0285 e. The van der Waals surface area contributed by atoms with Crippen molar-refractivity contribution in [2.24, 2.45) is 0 Å². The minimum Gasteiger partial charge on any atom is -0.118 e. The molecule has 0 saturated heterocycles. The van der Waals surface area contributed by atoms with Crippen molar-refractivity contribution >= 4 is 11.8 Å². The van der Waals surface area contributed by atoms with Crippen LogP contribution in [-0.4, -0.2) is 4.75 Å². The van der Waals surface area contributed by atoms with Gasteiger partial charge in [-0.15, -0.1) is 11.8 Å². The summed E-state index contributed by atoms with van der Waals surface area (Å²) in [4.78, 5) is 1.50. The molecule has 3 rings (SSSR count). The molecule has 1 aliphatic heterocycles. The van der Waals surface area contributed by atoms with E-state index in [0.717, 1.165) is 0 Å². The number of hydrogen-bond donors (Lipinski definition) is 0. The van der Waals surface area contributed by atoms with Gasteiger partial charge >= 0.3 is 0 Å². The van der Waals surface area contributed by atoms with Crippen molar-refractivity contribution in [2.45, 2.75) is 49.2 Å². The summed E-state index contributed by atoms with van der Waals surface area (Å²) in [5, 5.41) is 0. The molecular weight excluding hydrogens is 212 g/mol. The first-order valence-corrected chi connectivity index (χ1v) is 6.87. The lowest BCUT2D eigenvalue weighted by molar-refractivity contribution is 0.516. The molecule has 0 fully saturated rings. The third-order valence-corrected chi connectivity index (χ3v) is 5.48. The Bertz CT molecular complexity index is 472. The van der Waals surface area contributed by atoms with Gasteiger partial charge in [0.25, 0.3) is 0 Å². The van der Waals surface area contributed by atoms with Crippen LogP contribution in [0.5, 0.6) is 0 Å². The number of aryl methyl sites for hydroxylation is 1. The Morgan fingerprint density at radius 1 is 1.31 bits per heavy atom. The van der Waals surface area contributed by atoms with Crippen LogP contribution in [-0.2, 0) is 0 Å². The summed E-state index contributed by atoms with van der Waals surface area (Å²) >= 11 is 2.09. The van der Waals surface area contributed by atoms with Crippen LogP contribution in [0.25, 0.3) is 0 Å². The van der Waals surface area contributed by atoms with Crippen molar-refractivity contribution in [3.63, 3.8) is 0 Å². The molecule has 0 saturated carbocycles. The largest absolute Gasteiger partial charge is 0.118 e. The van der Waals surface area contributed by atoms with E-state index in [2.05, 4.69) is 56.8 Å². The number of rotatable bonds is 0. The first kappa shape index (κ1) is 10.5. The highest BCUT2D eigenvalue weighted by molar-refractivity contribution is 8.01. The number of thioether (sulfide) groups is 1. The summed E-state index contributed by atoms with van der Waals surface area (Å²) in [5.74, 6) is 0.640. The lowest BCUT2D eigenvalue weighted by atomic mass is 9.78. The average molecular weight is 230 g/mol. The molecule has 1 aromatic carbocycles. The SMILES string of the molecule is CC1=CC2c3cc(C)ccc3SC2(C)CC1. The Hall–Kier alpha value is -0.690. The van der Waals surface area contributed by atoms with Gasteiger partial charge in [0, 0.05) is 15.6 Å². The van der Waals surface area contributed by atoms with Gasteiger partial charge in [0.2, 0.25) is 0 Å². The van der Waals surface area contributed by atoms with E-state index in [9.17, 15) is 0 Å². The fraction of sp³-hybridized carbons (Fsp3) is 0.467. The van der Waals surface area contributed by atoms with Gasteiger partial charge in [0.15, 0.2) is 0 Å². The Morgan fingerprint density at radius 2 is 2.12 bits per heavy atom. The molecule has 1 heterocycles.